The van der Waals surface area contributed by atoms with Gasteiger partial charge in [0.15, 0.2) is 0 Å². The van der Waals surface area contributed by atoms with E-state index in [0.29, 0.717) is 6.54 Å². The number of unbranched alkanes of at least 4 members (excludes halogenated alkanes) is 1. The van der Waals surface area contributed by atoms with Gasteiger partial charge in [0.05, 0.1) is 4.90 Å². The molecule has 0 saturated heterocycles. The Morgan fingerprint density at radius 1 is 1.19 bits per heavy atom. The van der Waals surface area contributed by atoms with Crippen LogP contribution in [0.3, 0.4) is 0 Å². The molecule has 1 aromatic rings. The van der Waals surface area contributed by atoms with E-state index >= 15 is 0 Å². The van der Waals surface area contributed by atoms with Crippen molar-refractivity contribution in [3.05, 3.63) is 30.1 Å². The van der Waals surface area contributed by atoms with Gasteiger partial charge in [0.1, 0.15) is 5.82 Å². The van der Waals surface area contributed by atoms with E-state index in [2.05, 4.69) is 27.3 Å². The van der Waals surface area contributed by atoms with E-state index < -0.39 is 15.8 Å². The van der Waals surface area contributed by atoms with Crippen LogP contribution in [0.4, 0.5) is 4.39 Å². The molecule has 6 heteroatoms. The van der Waals surface area contributed by atoms with Crippen LogP contribution in [0.15, 0.2) is 29.2 Å². The largest absolute Gasteiger partial charge is 0.240 e. The van der Waals surface area contributed by atoms with Crippen LogP contribution in [0.25, 0.3) is 0 Å². The number of alkyl halides is 1. The number of halogens is 2. The van der Waals surface area contributed by atoms with Gasteiger partial charge >= 0.3 is 0 Å². The van der Waals surface area contributed by atoms with Crippen LogP contribution in [0.5, 0.6) is 0 Å². The first-order chi connectivity index (χ1) is 7.56. The molecule has 0 aliphatic carbocycles. The van der Waals surface area contributed by atoms with Crippen molar-refractivity contribution >= 4 is 32.6 Å². The van der Waals surface area contributed by atoms with Crippen LogP contribution in [0.2, 0.25) is 0 Å². The third-order valence-corrected chi connectivity index (χ3v) is 4.22. The average Bonchev–Trinajstić information content (AvgIpc) is 2.25. The summed E-state index contributed by atoms with van der Waals surface area (Å²) in [5.74, 6) is -0.441. The molecule has 0 atom stereocenters. The van der Waals surface area contributed by atoms with E-state index in [4.69, 9.17) is 0 Å². The summed E-state index contributed by atoms with van der Waals surface area (Å²) in [5.41, 5.74) is 0. The predicted molar refractivity (Wildman–Crippen MR) is 69.7 cm³/mol. The third kappa shape index (κ3) is 4.34. The Kier molecular flexibility index (Phi) is 5.63. The first-order valence-corrected chi connectivity index (χ1v) is 7.88. The van der Waals surface area contributed by atoms with Gasteiger partial charge in [-0.2, -0.15) is 0 Å². The molecule has 0 radical (unpaired) electrons. The molecule has 0 unspecified atom stereocenters. The summed E-state index contributed by atoms with van der Waals surface area (Å²) >= 11 is 2.24. The highest BCUT2D eigenvalue weighted by Gasteiger charge is 2.12. The maximum atomic E-state index is 12.6. The van der Waals surface area contributed by atoms with Gasteiger partial charge < -0.3 is 0 Å². The zero-order valence-electron chi connectivity index (χ0n) is 8.62. The minimum atomic E-state index is -3.48. The van der Waals surface area contributed by atoms with Gasteiger partial charge in [0.2, 0.25) is 10.0 Å². The quantitative estimate of drug-likeness (QED) is 0.483. The fourth-order valence-electron chi connectivity index (χ4n) is 1.12. The van der Waals surface area contributed by atoms with Crippen LogP contribution in [0, 0.1) is 5.82 Å². The molecular formula is C10H13FINO2S. The van der Waals surface area contributed by atoms with Crippen molar-refractivity contribution in [3.63, 3.8) is 0 Å². The monoisotopic (exact) mass is 357 g/mol. The number of hydrogen-bond acceptors (Lipinski definition) is 2. The van der Waals surface area contributed by atoms with Crippen LogP contribution in [0.1, 0.15) is 12.8 Å². The molecule has 3 nitrogen and oxygen atoms in total. The Bertz CT molecular complexity index is 419. The van der Waals surface area contributed by atoms with E-state index in [0.717, 1.165) is 29.4 Å². The molecule has 0 heterocycles. The van der Waals surface area contributed by atoms with Crippen LogP contribution in [-0.2, 0) is 10.0 Å². The van der Waals surface area contributed by atoms with Crippen molar-refractivity contribution in [2.45, 2.75) is 17.7 Å². The maximum Gasteiger partial charge on any atom is 0.240 e. The highest BCUT2D eigenvalue weighted by molar-refractivity contribution is 14.1. The van der Waals surface area contributed by atoms with Crippen molar-refractivity contribution in [1.29, 1.82) is 0 Å². The molecule has 0 fully saturated rings. The van der Waals surface area contributed by atoms with Crippen molar-refractivity contribution in [3.8, 4) is 0 Å². The van der Waals surface area contributed by atoms with Crippen LogP contribution in [-0.4, -0.2) is 19.4 Å². The fourth-order valence-corrected chi connectivity index (χ4v) is 2.74. The average molecular weight is 357 g/mol. The standard InChI is InChI=1S/C10H13FINO2S/c11-9-3-5-10(6-4-9)16(14,15)13-8-2-1-7-12/h3-6,13H,1-2,7-8H2. The molecule has 0 aliphatic rings. The lowest BCUT2D eigenvalue weighted by molar-refractivity contribution is 0.578. The van der Waals surface area contributed by atoms with Gasteiger partial charge in [-0.3, -0.25) is 0 Å². The Labute approximate surface area is 109 Å². The maximum absolute atomic E-state index is 12.6. The first kappa shape index (κ1) is 13.9. The molecule has 1 aromatic carbocycles. The molecule has 0 spiro atoms. The molecule has 1 N–H and O–H groups in total. The van der Waals surface area contributed by atoms with Gasteiger partial charge in [-0.15, -0.1) is 0 Å². The van der Waals surface area contributed by atoms with Gasteiger partial charge in [0, 0.05) is 6.54 Å². The molecular weight excluding hydrogens is 344 g/mol. The fraction of sp³-hybridized carbons (Fsp3) is 0.400. The van der Waals surface area contributed by atoms with E-state index in [1.54, 1.807) is 0 Å². The molecule has 0 bridgehead atoms. The van der Waals surface area contributed by atoms with Gasteiger partial charge in [-0.25, -0.2) is 17.5 Å². The number of hydrogen-bond donors (Lipinski definition) is 1. The van der Waals surface area contributed by atoms with Crippen molar-refractivity contribution in [1.82, 2.24) is 4.72 Å². The smallest absolute Gasteiger partial charge is 0.211 e. The van der Waals surface area contributed by atoms with Crippen molar-refractivity contribution < 1.29 is 12.8 Å². The summed E-state index contributed by atoms with van der Waals surface area (Å²) < 4.78 is 39.4. The summed E-state index contributed by atoms with van der Waals surface area (Å²) in [6.07, 6.45) is 1.79. The first-order valence-electron chi connectivity index (χ1n) is 4.87. The SMILES string of the molecule is O=S(=O)(NCCCCI)c1ccc(F)cc1. The Morgan fingerprint density at radius 2 is 1.81 bits per heavy atom. The Balaban J connectivity index is 2.60. The zero-order chi connectivity index (χ0) is 12.0. The van der Waals surface area contributed by atoms with Crippen molar-refractivity contribution in [2.24, 2.45) is 0 Å². The van der Waals surface area contributed by atoms with E-state index in [9.17, 15) is 12.8 Å². The Hall–Kier alpha value is -0.210. The van der Waals surface area contributed by atoms with Gasteiger partial charge in [0.25, 0.3) is 0 Å². The molecule has 0 aromatic heterocycles. The molecule has 0 amide bonds. The summed E-state index contributed by atoms with van der Waals surface area (Å²) in [6.45, 7) is 0.419. The summed E-state index contributed by atoms with van der Waals surface area (Å²) in [7, 11) is -3.48. The van der Waals surface area contributed by atoms with Crippen LogP contribution >= 0.6 is 22.6 Å². The third-order valence-electron chi connectivity index (χ3n) is 1.98. The van der Waals surface area contributed by atoms with Gasteiger partial charge in [-0.05, 0) is 41.5 Å². The lowest BCUT2D eigenvalue weighted by Gasteiger charge is -2.05. The molecule has 90 valence electrons. The second kappa shape index (κ2) is 6.51. The minimum absolute atomic E-state index is 0.100. The molecule has 16 heavy (non-hydrogen) atoms. The number of rotatable bonds is 6. The normalized spacial score (nSPS) is 11.6. The number of nitrogens with one attached hydrogen (secondary N) is 1. The highest BCUT2D eigenvalue weighted by atomic mass is 127. The van der Waals surface area contributed by atoms with Crippen molar-refractivity contribution in [2.75, 3.05) is 11.0 Å². The highest BCUT2D eigenvalue weighted by Crippen LogP contribution is 2.09. The number of sulfonamides is 1. The lowest BCUT2D eigenvalue weighted by Crippen LogP contribution is -2.24. The van der Waals surface area contributed by atoms with Gasteiger partial charge in [-0.1, -0.05) is 22.6 Å². The molecule has 1 rings (SSSR count). The lowest BCUT2D eigenvalue weighted by atomic mass is 10.3. The second-order valence-corrected chi connectivity index (χ2v) is 6.09. The summed E-state index contributed by atoms with van der Waals surface area (Å²) in [6, 6.07) is 4.80. The van der Waals surface area contributed by atoms with Crippen LogP contribution < -0.4 is 4.72 Å². The zero-order valence-corrected chi connectivity index (χ0v) is 11.6. The Morgan fingerprint density at radius 3 is 2.38 bits per heavy atom. The second-order valence-electron chi connectivity index (χ2n) is 3.25. The van der Waals surface area contributed by atoms with E-state index in [1.807, 2.05) is 0 Å². The summed E-state index contributed by atoms with van der Waals surface area (Å²) in [5, 5.41) is 0. The van der Waals surface area contributed by atoms with E-state index in [1.165, 1.54) is 12.1 Å². The number of benzene rings is 1. The minimum Gasteiger partial charge on any atom is -0.211 e. The molecule has 0 saturated carbocycles. The van der Waals surface area contributed by atoms with E-state index in [-0.39, 0.29) is 4.90 Å². The predicted octanol–water partition coefficient (Wildman–Crippen LogP) is 2.32. The summed E-state index contributed by atoms with van der Waals surface area (Å²) in [4.78, 5) is 0.100. The topological polar surface area (TPSA) is 46.2 Å². The molecule has 0 aliphatic heterocycles.